The highest BCUT2D eigenvalue weighted by Gasteiger charge is 2.61. The standard InChI is InChI=1S/C9H13F3N2O/c1-2-4-14-7(15)8(9(10,11)12)3-5-13-6-8/h2,13H,1,3-6H2,(H,14,15). The Kier molecular flexibility index (Phi) is 3.38. The average Bonchev–Trinajstić information content (AvgIpc) is 2.62. The van der Waals surface area contributed by atoms with Crippen LogP contribution < -0.4 is 10.6 Å². The first-order chi connectivity index (χ1) is 6.94. The van der Waals surface area contributed by atoms with Crippen LogP contribution in [0.2, 0.25) is 0 Å². The number of halogens is 3. The molecule has 1 aliphatic heterocycles. The number of alkyl halides is 3. The van der Waals surface area contributed by atoms with Gasteiger partial charge in [-0.2, -0.15) is 13.2 Å². The fourth-order valence-corrected chi connectivity index (χ4v) is 1.59. The summed E-state index contributed by atoms with van der Waals surface area (Å²) in [4.78, 5) is 11.5. The molecule has 0 aromatic rings. The zero-order valence-electron chi connectivity index (χ0n) is 8.16. The van der Waals surface area contributed by atoms with Gasteiger partial charge in [0, 0.05) is 13.1 Å². The maximum atomic E-state index is 12.8. The molecule has 0 radical (unpaired) electrons. The van der Waals surface area contributed by atoms with Crippen molar-refractivity contribution in [1.82, 2.24) is 10.6 Å². The average molecular weight is 222 g/mol. The van der Waals surface area contributed by atoms with E-state index < -0.39 is 17.5 Å². The summed E-state index contributed by atoms with van der Waals surface area (Å²) in [6, 6.07) is 0. The second-order valence-corrected chi connectivity index (χ2v) is 3.51. The van der Waals surface area contributed by atoms with E-state index in [1.165, 1.54) is 6.08 Å². The largest absolute Gasteiger partial charge is 0.404 e. The van der Waals surface area contributed by atoms with Crippen molar-refractivity contribution in [3.8, 4) is 0 Å². The summed E-state index contributed by atoms with van der Waals surface area (Å²) in [5, 5.41) is 4.78. The Morgan fingerprint density at radius 1 is 1.60 bits per heavy atom. The number of carbonyl (C=O) groups is 1. The molecule has 0 aromatic heterocycles. The summed E-state index contributed by atoms with van der Waals surface area (Å²) in [7, 11) is 0. The first-order valence-corrected chi connectivity index (χ1v) is 4.61. The Morgan fingerprint density at radius 3 is 2.67 bits per heavy atom. The molecule has 1 heterocycles. The van der Waals surface area contributed by atoms with E-state index in [-0.39, 0.29) is 26.1 Å². The van der Waals surface area contributed by atoms with Crippen LogP contribution in [0.5, 0.6) is 0 Å². The van der Waals surface area contributed by atoms with Gasteiger partial charge in [-0.3, -0.25) is 4.79 Å². The minimum absolute atomic E-state index is 0.0522. The van der Waals surface area contributed by atoms with Crippen LogP contribution in [0.3, 0.4) is 0 Å². The summed E-state index contributed by atoms with van der Waals surface area (Å²) in [6.45, 7) is 3.25. The molecule has 1 rings (SSSR count). The minimum Gasteiger partial charge on any atom is -0.352 e. The van der Waals surface area contributed by atoms with Gasteiger partial charge in [-0.1, -0.05) is 6.08 Å². The van der Waals surface area contributed by atoms with Crippen molar-refractivity contribution in [2.75, 3.05) is 19.6 Å². The van der Waals surface area contributed by atoms with Crippen LogP contribution in [-0.4, -0.2) is 31.7 Å². The van der Waals surface area contributed by atoms with Crippen molar-refractivity contribution in [3.63, 3.8) is 0 Å². The van der Waals surface area contributed by atoms with E-state index in [0.29, 0.717) is 0 Å². The highest BCUT2D eigenvalue weighted by molar-refractivity contribution is 5.84. The Bertz CT molecular complexity index is 257. The van der Waals surface area contributed by atoms with Crippen molar-refractivity contribution in [3.05, 3.63) is 12.7 Å². The molecule has 3 nitrogen and oxygen atoms in total. The molecule has 0 spiro atoms. The SMILES string of the molecule is C=CCNC(=O)C1(C(F)(F)F)CCNC1. The van der Waals surface area contributed by atoms with Crippen LogP contribution in [0.4, 0.5) is 13.2 Å². The van der Waals surface area contributed by atoms with Gasteiger partial charge < -0.3 is 10.6 Å². The molecule has 1 aliphatic rings. The molecule has 6 heteroatoms. The smallest absolute Gasteiger partial charge is 0.352 e. The quantitative estimate of drug-likeness (QED) is 0.694. The van der Waals surface area contributed by atoms with E-state index in [1.54, 1.807) is 0 Å². The molecule has 1 amide bonds. The lowest BCUT2D eigenvalue weighted by Crippen LogP contribution is -2.52. The maximum absolute atomic E-state index is 12.8. The van der Waals surface area contributed by atoms with E-state index in [0.717, 1.165) is 0 Å². The summed E-state index contributed by atoms with van der Waals surface area (Å²) < 4.78 is 38.3. The van der Waals surface area contributed by atoms with Crippen LogP contribution in [0.1, 0.15) is 6.42 Å². The molecule has 0 aliphatic carbocycles. The number of hydrogen-bond donors (Lipinski definition) is 2. The monoisotopic (exact) mass is 222 g/mol. The van der Waals surface area contributed by atoms with Crippen LogP contribution in [0, 0.1) is 5.41 Å². The molecule has 1 fully saturated rings. The van der Waals surface area contributed by atoms with Crippen molar-refractivity contribution in [2.45, 2.75) is 12.6 Å². The molecule has 0 saturated carbocycles. The number of nitrogens with one attached hydrogen (secondary N) is 2. The Balaban J connectivity index is 2.82. The van der Waals surface area contributed by atoms with Gasteiger partial charge in [0.15, 0.2) is 5.41 Å². The summed E-state index contributed by atoms with van der Waals surface area (Å²) >= 11 is 0. The molecular weight excluding hydrogens is 209 g/mol. The van der Waals surface area contributed by atoms with Crippen LogP contribution >= 0.6 is 0 Å². The summed E-state index contributed by atoms with van der Waals surface area (Å²) in [5.74, 6) is -0.972. The second kappa shape index (κ2) is 4.22. The third-order valence-corrected chi connectivity index (χ3v) is 2.54. The van der Waals surface area contributed by atoms with Gasteiger partial charge in [-0.25, -0.2) is 0 Å². The van der Waals surface area contributed by atoms with Gasteiger partial charge in [0.25, 0.3) is 0 Å². The zero-order chi connectivity index (χ0) is 11.5. The van der Waals surface area contributed by atoms with Crippen LogP contribution in [0.25, 0.3) is 0 Å². The topological polar surface area (TPSA) is 41.1 Å². The predicted octanol–water partition coefficient (Wildman–Crippen LogP) is 0.831. The Morgan fingerprint density at radius 2 is 2.27 bits per heavy atom. The van der Waals surface area contributed by atoms with E-state index >= 15 is 0 Å². The van der Waals surface area contributed by atoms with Crippen molar-refractivity contribution in [2.24, 2.45) is 5.41 Å². The molecule has 15 heavy (non-hydrogen) atoms. The summed E-state index contributed by atoms with van der Waals surface area (Å²) in [6.07, 6.45) is -3.37. The Hall–Kier alpha value is -1.04. The minimum atomic E-state index is -4.51. The number of amides is 1. The van der Waals surface area contributed by atoms with E-state index in [9.17, 15) is 18.0 Å². The van der Waals surface area contributed by atoms with Crippen molar-refractivity contribution < 1.29 is 18.0 Å². The van der Waals surface area contributed by atoms with Crippen LogP contribution in [0.15, 0.2) is 12.7 Å². The van der Waals surface area contributed by atoms with Crippen LogP contribution in [-0.2, 0) is 4.79 Å². The molecule has 0 bridgehead atoms. The molecule has 1 unspecified atom stereocenters. The van der Waals surface area contributed by atoms with Gasteiger partial charge in [0.1, 0.15) is 0 Å². The van der Waals surface area contributed by atoms with E-state index in [1.807, 2.05) is 0 Å². The number of carbonyl (C=O) groups excluding carboxylic acids is 1. The van der Waals surface area contributed by atoms with E-state index in [4.69, 9.17) is 0 Å². The number of hydrogen-bond acceptors (Lipinski definition) is 2. The van der Waals surface area contributed by atoms with Gasteiger partial charge in [0.05, 0.1) is 0 Å². The fraction of sp³-hybridized carbons (Fsp3) is 0.667. The van der Waals surface area contributed by atoms with Gasteiger partial charge >= 0.3 is 6.18 Å². The molecule has 0 aromatic carbocycles. The van der Waals surface area contributed by atoms with E-state index in [2.05, 4.69) is 17.2 Å². The van der Waals surface area contributed by atoms with Crippen molar-refractivity contribution in [1.29, 1.82) is 0 Å². The third-order valence-electron chi connectivity index (χ3n) is 2.54. The molecule has 1 atom stereocenters. The normalized spacial score (nSPS) is 26.3. The maximum Gasteiger partial charge on any atom is 0.404 e. The Labute approximate surface area is 85.7 Å². The van der Waals surface area contributed by atoms with Gasteiger partial charge in [-0.15, -0.1) is 6.58 Å². The third kappa shape index (κ3) is 2.14. The van der Waals surface area contributed by atoms with Crippen molar-refractivity contribution >= 4 is 5.91 Å². The first-order valence-electron chi connectivity index (χ1n) is 4.61. The summed E-state index contributed by atoms with van der Waals surface area (Å²) in [5.41, 5.74) is -2.27. The highest BCUT2D eigenvalue weighted by Crippen LogP contribution is 2.43. The predicted molar refractivity (Wildman–Crippen MR) is 49.2 cm³/mol. The molecule has 1 saturated heterocycles. The highest BCUT2D eigenvalue weighted by atomic mass is 19.4. The molecule has 2 N–H and O–H groups in total. The molecular formula is C9H13F3N2O. The zero-order valence-corrected chi connectivity index (χ0v) is 8.16. The lowest BCUT2D eigenvalue weighted by Gasteiger charge is -2.29. The lowest BCUT2D eigenvalue weighted by atomic mass is 9.85. The second-order valence-electron chi connectivity index (χ2n) is 3.51. The number of rotatable bonds is 3. The lowest BCUT2D eigenvalue weighted by molar-refractivity contribution is -0.215. The first kappa shape index (κ1) is 12.0. The molecule has 86 valence electrons. The fourth-order valence-electron chi connectivity index (χ4n) is 1.59. The van der Waals surface area contributed by atoms with Gasteiger partial charge in [-0.05, 0) is 13.0 Å². The van der Waals surface area contributed by atoms with Gasteiger partial charge in [0.2, 0.25) is 5.91 Å².